The fourth-order valence-corrected chi connectivity index (χ4v) is 6.49. The first-order chi connectivity index (χ1) is 19.9. The molecular weight excluding hydrogens is 545 g/mol. The lowest BCUT2D eigenvalue weighted by molar-refractivity contribution is -0.145. The van der Waals surface area contributed by atoms with Gasteiger partial charge in [0.25, 0.3) is 0 Å². The summed E-state index contributed by atoms with van der Waals surface area (Å²) in [7, 11) is 1.44. The number of carbonyl (C=O) groups is 2. The molecule has 216 valence electrons. The Morgan fingerprint density at radius 2 is 2.10 bits per heavy atom. The fraction of sp³-hybridized carbons (Fsp3) is 0.433. The van der Waals surface area contributed by atoms with Crippen LogP contribution in [0.2, 0.25) is 0 Å². The number of allylic oxidation sites excluding steroid dienone is 1. The first-order valence-corrected chi connectivity index (χ1v) is 14.9. The summed E-state index contributed by atoms with van der Waals surface area (Å²) in [4.78, 5) is 33.0. The molecule has 1 saturated carbocycles. The van der Waals surface area contributed by atoms with E-state index in [2.05, 4.69) is 33.0 Å². The molecular formula is C30H34FN5O4S. The Morgan fingerprint density at radius 1 is 1.24 bits per heavy atom. The lowest BCUT2D eigenvalue weighted by Crippen LogP contribution is -2.40. The number of thiophene rings is 1. The molecule has 1 aliphatic carbocycles. The molecule has 3 atom stereocenters. The van der Waals surface area contributed by atoms with Gasteiger partial charge in [-0.1, -0.05) is 6.08 Å². The number of likely N-dealkylation sites (tertiary alicyclic amines) is 1. The number of benzene rings is 1. The highest BCUT2D eigenvalue weighted by molar-refractivity contribution is 7.16. The zero-order valence-electron chi connectivity index (χ0n) is 23.1. The Kier molecular flexibility index (Phi) is 7.81. The lowest BCUT2D eigenvalue weighted by Gasteiger charge is -2.26. The van der Waals surface area contributed by atoms with Gasteiger partial charge in [-0.05, 0) is 69.5 Å². The van der Waals surface area contributed by atoms with Gasteiger partial charge in [-0.2, -0.15) is 0 Å². The summed E-state index contributed by atoms with van der Waals surface area (Å²) in [5, 5.41) is 8.95. The van der Waals surface area contributed by atoms with Crippen LogP contribution in [0.1, 0.15) is 42.4 Å². The molecule has 4 aliphatic rings. The highest BCUT2D eigenvalue weighted by Gasteiger charge is 2.33. The smallest absolute Gasteiger partial charge is 0.323 e. The van der Waals surface area contributed by atoms with Crippen LogP contribution in [-0.4, -0.2) is 67.5 Å². The highest BCUT2D eigenvalue weighted by Crippen LogP contribution is 2.40. The second-order valence-electron chi connectivity index (χ2n) is 11.0. The topological polar surface area (TPSA) is 104 Å². The number of hydrogen-bond donors (Lipinski definition) is 3. The van der Waals surface area contributed by atoms with Crippen molar-refractivity contribution < 1.29 is 23.5 Å². The zero-order valence-corrected chi connectivity index (χ0v) is 23.9. The van der Waals surface area contributed by atoms with Crippen LogP contribution in [0.4, 0.5) is 20.6 Å². The van der Waals surface area contributed by atoms with Crippen LogP contribution in [-0.2, 0) is 9.53 Å². The van der Waals surface area contributed by atoms with Crippen molar-refractivity contribution in [3.63, 3.8) is 0 Å². The number of dihydropyridines is 1. The molecule has 2 aromatic rings. The van der Waals surface area contributed by atoms with Crippen molar-refractivity contribution in [2.45, 2.75) is 50.7 Å². The van der Waals surface area contributed by atoms with Crippen molar-refractivity contribution in [3.05, 3.63) is 58.1 Å². The number of rotatable bonds is 8. The quantitative estimate of drug-likeness (QED) is 0.380. The minimum atomic E-state index is -0.558. The van der Waals surface area contributed by atoms with Crippen LogP contribution in [0.15, 0.2) is 47.5 Å². The van der Waals surface area contributed by atoms with Gasteiger partial charge in [0.2, 0.25) is 0 Å². The predicted molar refractivity (Wildman–Crippen MR) is 158 cm³/mol. The lowest BCUT2D eigenvalue weighted by atomic mass is 10.0. The van der Waals surface area contributed by atoms with E-state index in [1.807, 2.05) is 19.1 Å². The van der Waals surface area contributed by atoms with Gasteiger partial charge in [0.05, 0.1) is 28.3 Å². The number of nitrogens with zero attached hydrogens (tertiary/aromatic N) is 2. The van der Waals surface area contributed by atoms with E-state index in [0.29, 0.717) is 18.0 Å². The van der Waals surface area contributed by atoms with Crippen LogP contribution in [0.3, 0.4) is 0 Å². The summed E-state index contributed by atoms with van der Waals surface area (Å²) in [5.41, 5.74) is 2.18. The van der Waals surface area contributed by atoms with Crippen LogP contribution in [0.5, 0.6) is 5.75 Å². The molecule has 41 heavy (non-hydrogen) atoms. The Hall–Kier alpha value is -3.70. The second kappa shape index (κ2) is 11.7. The van der Waals surface area contributed by atoms with E-state index < -0.39 is 5.82 Å². The monoisotopic (exact) mass is 579 g/mol. The molecule has 9 nitrogen and oxygen atoms in total. The number of esters is 1. The zero-order chi connectivity index (χ0) is 28.5. The second-order valence-corrected chi connectivity index (χ2v) is 12.0. The van der Waals surface area contributed by atoms with Gasteiger partial charge in [0.1, 0.15) is 11.8 Å². The Morgan fingerprint density at radius 3 is 2.83 bits per heavy atom. The van der Waals surface area contributed by atoms with Crippen molar-refractivity contribution in [2.75, 3.05) is 37.4 Å². The maximum absolute atomic E-state index is 15.0. The standard InChI is InChI=1S/C30H34FN5O4S/c1-17-12-26(40-25-10-8-20(13-21(25)31)35-30(38)34-19-6-7-19)28-23(33-17)14-27(41-28)22-9-5-18(15-32-22)16-36-11-3-4-24(36)29(37)39-2/h5,8-10,12-14,17-19,24,33H,3-4,6-7,11,15-16H2,1-2H3,(H2,34,35,38). The van der Waals surface area contributed by atoms with Gasteiger partial charge in [0, 0.05) is 42.8 Å². The van der Waals surface area contributed by atoms with Crippen LogP contribution < -0.4 is 20.7 Å². The van der Waals surface area contributed by atoms with Gasteiger partial charge >= 0.3 is 12.0 Å². The molecule has 2 amide bonds. The van der Waals surface area contributed by atoms with E-state index in [4.69, 9.17) is 14.5 Å². The average Bonchev–Trinajstić information content (AvgIpc) is 3.46. The minimum absolute atomic E-state index is 0.00786. The molecule has 1 aromatic heterocycles. The van der Waals surface area contributed by atoms with Gasteiger partial charge in [-0.25, -0.2) is 9.18 Å². The van der Waals surface area contributed by atoms with Crippen LogP contribution >= 0.6 is 11.3 Å². The number of halogens is 1. The molecule has 3 unspecified atom stereocenters. The Balaban J connectivity index is 1.11. The average molecular weight is 580 g/mol. The van der Waals surface area contributed by atoms with E-state index >= 15 is 0 Å². The largest absolute Gasteiger partial charge is 0.468 e. The molecule has 6 rings (SSSR count). The number of carbonyl (C=O) groups excluding carboxylic acids is 2. The summed E-state index contributed by atoms with van der Waals surface area (Å²) in [6.07, 6.45) is 9.94. The van der Waals surface area contributed by atoms with E-state index in [0.717, 1.165) is 59.9 Å². The van der Waals surface area contributed by atoms with Crippen molar-refractivity contribution >= 4 is 46.2 Å². The summed E-state index contributed by atoms with van der Waals surface area (Å²) < 4.78 is 26.0. The SMILES string of the molecule is COC(=O)C1CCCN1CC1C=CC(c2cc3c(s2)C(Oc2ccc(NC(=O)NC4CC4)cc2F)=CC(C)N3)=NC1. The number of fused-ring (bicyclic) bond motifs is 1. The first kappa shape index (κ1) is 27.5. The molecule has 11 heteroatoms. The molecule has 1 aromatic carbocycles. The van der Waals surface area contributed by atoms with E-state index in [1.165, 1.54) is 19.2 Å². The molecule has 4 heterocycles. The fourth-order valence-electron chi connectivity index (χ4n) is 5.42. The van der Waals surface area contributed by atoms with Crippen molar-refractivity contribution in [2.24, 2.45) is 10.9 Å². The van der Waals surface area contributed by atoms with Crippen LogP contribution in [0.25, 0.3) is 5.76 Å². The molecule has 0 radical (unpaired) electrons. The first-order valence-electron chi connectivity index (χ1n) is 14.1. The van der Waals surface area contributed by atoms with Gasteiger partial charge in [0.15, 0.2) is 11.6 Å². The number of nitrogens with one attached hydrogen (secondary N) is 3. The molecule has 3 aliphatic heterocycles. The summed E-state index contributed by atoms with van der Waals surface area (Å²) >= 11 is 1.54. The number of amides is 2. The third-order valence-electron chi connectivity index (χ3n) is 7.64. The highest BCUT2D eigenvalue weighted by atomic mass is 32.1. The number of ether oxygens (including phenoxy) is 2. The predicted octanol–water partition coefficient (Wildman–Crippen LogP) is 5.02. The molecule has 0 bridgehead atoms. The summed E-state index contributed by atoms with van der Waals surface area (Å²) in [6, 6.07) is 6.20. The minimum Gasteiger partial charge on any atom is -0.468 e. The van der Waals surface area contributed by atoms with Gasteiger partial charge in [-0.15, -0.1) is 11.3 Å². The number of methoxy groups -OCH3 is 1. The summed E-state index contributed by atoms with van der Waals surface area (Å²) in [6.45, 7) is 4.33. The van der Waals surface area contributed by atoms with Gasteiger partial charge < -0.3 is 25.4 Å². The maximum atomic E-state index is 15.0. The molecule has 0 spiro atoms. The number of anilines is 2. The van der Waals surface area contributed by atoms with Crippen LogP contribution in [0, 0.1) is 11.7 Å². The molecule has 2 fully saturated rings. The number of aliphatic imine (C=N–C) groups is 1. The number of urea groups is 1. The third-order valence-corrected chi connectivity index (χ3v) is 8.82. The van der Waals surface area contributed by atoms with Crippen molar-refractivity contribution in [1.29, 1.82) is 0 Å². The Bertz CT molecular complexity index is 1430. The number of hydrogen-bond acceptors (Lipinski definition) is 8. The normalized spacial score (nSPS) is 23.6. The van der Waals surface area contributed by atoms with E-state index in [-0.39, 0.29) is 41.8 Å². The van der Waals surface area contributed by atoms with Gasteiger partial charge in [-0.3, -0.25) is 14.7 Å². The molecule has 1 saturated heterocycles. The maximum Gasteiger partial charge on any atom is 0.323 e. The summed E-state index contributed by atoms with van der Waals surface area (Å²) in [5.74, 6) is 0.180. The Labute approximate surface area is 242 Å². The van der Waals surface area contributed by atoms with E-state index in [1.54, 1.807) is 17.4 Å². The van der Waals surface area contributed by atoms with Crippen molar-refractivity contribution in [1.82, 2.24) is 10.2 Å². The van der Waals surface area contributed by atoms with E-state index in [9.17, 15) is 14.0 Å². The van der Waals surface area contributed by atoms with Crippen molar-refractivity contribution in [3.8, 4) is 5.75 Å². The third kappa shape index (κ3) is 6.31. The molecule has 3 N–H and O–H groups in total.